The zero-order chi connectivity index (χ0) is 15.6. The van der Waals surface area contributed by atoms with Crippen LogP contribution in [0.3, 0.4) is 0 Å². The highest BCUT2D eigenvalue weighted by Crippen LogP contribution is 2.23. The van der Waals surface area contributed by atoms with Gasteiger partial charge in [0.2, 0.25) is 5.91 Å². The first-order valence-corrected chi connectivity index (χ1v) is 6.80. The first-order valence-electron chi connectivity index (χ1n) is 6.80. The van der Waals surface area contributed by atoms with E-state index in [-0.39, 0.29) is 18.4 Å². The van der Waals surface area contributed by atoms with Crippen molar-refractivity contribution in [1.29, 1.82) is 0 Å². The summed E-state index contributed by atoms with van der Waals surface area (Å²) in [5.41, 5.74) is 5.92. The lowest BCUT2D eigenvalue weighted by Gasteiger charge is -2.34. The van der Waals surface area contributed by atoms with Crippen LogP contribution >= 0.6 is 0 Å². The Kier molecular flexibility index (Phi) is 4.26. The minimum absolute atomic E-state index is 0.147. The van der Waals surface area contributed by atoms with Gasteiger partial charge in [0.05, 0.1) is 5.92 Å². The van der Waals surface area contributed by atoms with Gasteiger partial charge in [0.25, 0.3) is 5.91 Å². The second-order valence-corrected chi connectivity index (χ2v) is 5.53. The van der Waals surface area contributed by atoms with Crippen LogP contribution in [0.4, 0.5) is 0 Å². The first-order chi connectivity index (χ1) is 9.88. The molecule has 0 spiro atoms. The van der Waals surface area contributed by atoms with Crippen molar-refractivity contribution < 1.29 is 19.5 Å². The number of rotatable bonds is 3. The summed E-state index contributed by atoms with van der Waals surface area (Å²) in [7, 11) is 0. The third kappa shape index (κ3) is 3.39. The van der Waals surface area contributed by atoms with Crippen molar-refractivity contribution in [2.24, 2.45) is 17.6 Å². The van der Waals surface area contributed by atoms with Crippen molar-refractivity contribution in [1.82, 2.24) is 4.90 Å². The fourth-order valence-electron chi connectivity index (χ4n) is 2.66. The predicted molar refractivity (Wildman–Crippen MR) is 75.8 cm³/mol. The normalized spacial score (nSPS) is 21.9. The molecule has 1 heterocycles. The molecular formula is C15H18N2O4. The van der Waals surface area contributed by atoms with E-state index in [1.54, 1.807) is 4.90 Å². The number of likely N-dealkylation sites (tertiary alicyclic amines) is 1. The molecule has 3 N–H and O–H groups in total. The molecule has 6 heteroatoms. The van der Waals surface area contributed by atoms with Gasteiger partial charge in [-0.05, 0) is 36.6 Å². The largest absolute Gasteiger partial charge is 0.481 e. The van der Waals surface area contributed by atoms with Crippen LogP contribution in [-0.4, -0.2) is 40.9 Å². The highest BCUT2D eigenvalue weighted by molar-refractivity contribution is 5.97. The van der Waals surface area contributed by atoms with Crippen LogP contribution in [0.15, 0.2) is 24.3 Å². The molecule has 21 heavy (non-hydrogen) atoms. The molecule has 2 rings (SSSR count). The number of nitrogens with two attached hydrogens (primary N) is 1. The number of aliphatic carboxylic acids is 1. The summed E-state index contributed by atoms with van der Waals surface area (Å²) in [5.74, 6) is -2.02. The van der Waals surface area contributed by atoms with Crippen molar-refractivity contribution in [3.05, 3.63) is 35.4 Å². The van der Waals surface area contributed by atoms with Gasteiger partial charge in [-0.15, -0.1) is 0 Å². The van der Waals surface area contributed by atoms with E-state index >= 15 is 0 Å². The summed E-state index contributed by atoms with van der Waals surface area (Å²) >= 11 is 0. The molecule has 112 valence electrons. The molecule has 2 atom stereocenters. The molecule has 0 aliphatic carbocycles. The van der Waals surface area contributed by atoms with E-state index in [9.17, 15) is 14.4 Å². The number of hydrogen-bond acceptors (Lipinski definition) is 3. The zero-order valence-corrected chi connectivity index (χ0v) is 11.8. The van der Waals surface area contributed by atoms with Gasteiger partial charge in [0.15, 0.2) is 0 Å². The van der Waals surface area contributed by atoms with Crippen molar-refractivity contribution >= 4 is 17.8 Å². The number of benzene rings is 1. The van der Waals surface area contributed by atoms with Crippen LogP contribution in [0.2, 0.25) is 0 Å². The van der Waals surface area contributed by atoms with E-state index in [2.05, 4.69) is 0 Å². The van der Waals surface area contributed by atoms with E-state index in [1.165, 1.54) is 24.3 Å². The number of carbonyl (C=O) groups is 3. The van der Waals surface area contributed by atoms with E-state index in [4.69, 9.17) is 10.8 Å². The van der Waals surface area contributed by atoms with Crippen LogP contribution in [0.5, 0.6) is 0 Å². The Morgan fingerprint density at radius 1 is 1.14 bits per heavy atom. The van der Waals surface area contributed by atoms with Crippen LogP contribution in [-0.2, 0) is 4.79 Å². The van der Waals surface area contributed by atoms with E-state index < -0.39 is 17.8 Å². The van der Waals surface area contributed by atoms with Crippen molar-refractivity contribution in [2.45, 2.75) is 13.3 Å². The van der Waals surface area contributed by atoms with E-state index in [0.717, 1.165) is 0 Å². The zero-order valence-electron chi connectivity index (χ0n) is 11.8. The fraction of sp³-hybridized carbons (Fsp3) is 0.400. The maximum Gasteiger partial charge on any atom is 0.308 e. The number of piperidine rings is 1. The molecule has 0 saturated carbocycles. The average molecular weight is 290 g/mol. The van der Waals surface area contributed by atoms with Crippen LogP contribution in [0, 0.1) is 11.8 Å². The van der Waals surface area contributed by atoms with Gasteiger partial charge in [0, 0.05) is 24.2 Å². The Labute approximate surface area is 122 Å². The molecule has 0 aromatic heterocycles. The number of carbonyl (C=O) groups excluding carboxylic acids is 2. The van der Waals surface area contributed by atoms with Crippen LogP contribution < -0.4 is 5.73 Å². The quantitative estimate of drug-likeness (QED) is 0.866. The molecule has 2 amide bonds. The van der Waals surface area contributed by atoms with Crippen molar-refractivity contribution in [3.8, 4) is 0 Å². The highest BCUT2D eigenvalue weighted by atomic mass is 16.4. The Hall–Kier alpha value is -2.37. The molecule has 1 aliphatic heterocycles. The van der Waals surface area contributed by atoms with E-state index in [1.807, 2.05) is 6.92 Å². The van der Waals surface area contributed by atoms with Crippen LogP contribution in [0.1, 0.15) is 34.1 Å². The molecule has 0 radical (unpaired) electrons. The van der Waals surface area contributed by atoms with Gasteiger partial charge in [-0.25, -0.2) is 0 Å². The summed E-state index contributed by atoms with van der Waals surface area (Å²) in [5, 5.41) is 9.13. The van der Waals surface area contributed by atoms with Gasteiger partial charge in [-0.3, -0.25) is 14.4 Å². The molecular weight excluding hydrogens is 272 g/mol. The molecule has 6 nitrogen and oxygen atoms in total. The lowest BCUT2D eigenvalue weighted by molar-refractivity contribution is -0.143. The van der Waals surface area contributed by atoms with Gasteiger partial charge in [0.1, 0.15) is 0 Å². The summed E-state index contributed by atoms with van der Waals surface area (Å²) < 4.78 is 0. The molecule has 1 aromatic rings. The lowest BCUT2D eigenvalue weighted by Crippen LogP contribution is -2.45. The summed E-state index contributed by atoms with van der Waals surface area (Å²) in [6, 6.07) is 6.07. The number of amides is 2. The Balaban J connectivity index is 2.14. The van der Waals surface area contributed by atoms with Crippen LogP contribution in [0.25, 0.3) is 0 Å². The summed E-state index contributed by atoms with van der Waals surface area (Å²) in [4.78, 5) is 36.1. The average Bonchev–Trinajstić information content (AvgIpc) is 2.45. The van der Waals surface area contributed by atoms with E-state index in [0.29, 0.717) is 24.1 Å². The topological polar surface area (TPSA) is 101 Å². The Morgan fingerprint density at radius 3 is 2.24 bits per heavy atom. The maximum absolute atomic E-state index is 12.4. The molecule has 1 aliphatic rings. The van der Waals surface area contributed by atoms with Gasteiger partial charge >= 0.3 is 5.97 Å². The number of nitrogens with zero attached hydrogens (tertiary/aromatic N) is 1. The summed E-state index contributed by atoms with van der Waals surface area (Å²) in [6.07, 6.45) is 0.583. The maximum atomic E-state index is 12.4. The number of primary amides is 1. The fourth-order valence-corrected chi connectivity index (χ4v) is 2.66. The molecule has 0 bridgehead atoms. The minimum Gasteiger partial charge on any atom is -0.481 e. The second kappa shape index (κ2) is 5.95. The number of carboxylic acids is 1. The molecule has 1 fully saturated rings. The standard InChI is InChI=1S/C15H18N2O4/c1-9-6-12(15(20)21)8-17(7-9)14(19)11-4-2-10(3-5-11)13(16)18/h2-5,9,12H,6-8H2,1H3,(H2,16,18)(H,20,21). The van der Waals surface area contributed by atoms with Crippen molar-refractivity contribution in [2.75, 3.05) is 13.1 Å². The van der Waals surface area contributed by atoms with Crippen molar-refractivity contribution in [3.63, 3.8) is 0 Å². The van der Waals surface area contributed by atoms with Gasteiger partial charge < -0.3 is 15.7 Å². The predicted octanol–water partition coefficient (Wildman–Crippen LogP) is 0.968. The van der Waals surface area contributed by atoms with Gasteiger partial charge in [-0.1, -0.05) is 6.92 Å². The SMILES string of the molecule is CC1CC(C(=O)O)CN(C(=O)c2ccc(C(N)=O)cc2)C1. The minimum atomic E-state index is -0.872. The monoisotopic (exact) mass is 290 g/mol. The molecule has 1 aromatic carbocycles. The first kappa shape index (κ1) is 15.0. The summed E-state index contributed by atoms with van der Waals surface area (Å²) in [6.45, 7) is 2.70. The Bertz CT molecular complexity index is 568. The Morgan fingerprint density at radius 2 is 1.71 bits per heavy atom. The van der Waals surface area contributed by atoms with Gasteiger partial charge in [-0.2, -0.15) is 0 Å². The number of carboxylic acid groups (broad SMARTS) is 1. The lowest BCUT2D eigenvalue weighted by atomic mass is 9.90. The third-order valence-electron chi connectivity index (χ3n) is 3.71. The smallest absolute Gasteiger partial charge is 0.308 e. The molecule has 1 saturated heterocycles. The second-order valence-electron chi connectivity index (χ2n) is 5.53. The molecule has 2 unspecified atom stereocenters. The highest BCUT2D eigenvalue weighted by Gasteiger charge is 2.32. The third-order valence-corrected chi connectivity index (χ3v) is 3.71. The number of hydrogen-bond donors (Lipinski definition) is 2.